The van der Waals surface area contributed by atoms with Gasteiger partial charge in [-0.3, -0.25) is 4.79 Å². The Bertz CT molecular complexity index is 1200. The lowest BCUT2D eigenvalue weighted by Gasteiger charge is -2.20. The zero-order valence-electron chi connectivity index (χ0n) is 16.7. The molecule has 0 aliphatic heterocycles. The number of hydrogen-bond donors (Lipinski definition) is 0. The Balaban J connectivity index is 1.93. The normalized spacial score (nSPS) is 11.7. The number of benzene rings is 3. The SMILES string of the molecule is COC(=O)c1cc(-c2ccc(F)cc2)n(C(C(=O)c2ccccc2)c2ccccc2)n1. The number of carbonyl (C=O) groups excluding carboxylic acids is 2. The second-order valence-electron chi connectivity index (χ2n) is 6.90. The summed E-state index contributed by atoms with van der Waals surface area (Å²) in [7, 11) is 1.27. The van der Waals surface area contributed by atoms with Gasteiger partial charge >= 0.3 is 5.97 Å². The van der Waals surface area contributed by atoms with Crippen molar-refractivity contribution in [1.82, 2.24) is 9.78 Å². The van der Waals surface area contributed by atoms with Gasteiger partial charge in [-0.2, -0.15) is 5.10 Å². The smallest absolute Gasteiger partial charge is 0.358 e. The summed E-state index contributed by atoms with van der Waals surface area (Å²) in [5.74, 6) is -1.20. The second kappa shape index (κ2) is 8.75. The van der Waals surface area contributed by atoms with E-state index < -0.39 is 12.0 Å². The van der Waals surface area contributed by atoms with Crippen molar-refractivity contribution in [3.63, 3.8) is 0 Å². The number of Topliss-reactive ketones (excluding diaryl/α,β-unsaturated/α-hetero) is 1. The van der Waals surface area contributed by atoms with Crippen LogP contribution in [0.15, 0.2) is 91.0 Å². The minimum atomic E-state index is -0.831. The average Bonchev–Trinajstić information content (AvgIpc) is 3.25. The highest BCUT2D eigenvalue weighted by Crippen LogP contribution is 2.30. The lowest BCUT2D eigenvalue weighted by atomic mass is 9.97. The monoisotopic (exact) mass is 414 g/mol. The van der Waals surface area contributed by atoms with E-state index in [-0.39, 0.29) is 17.3 Å². The molecule has 0 fully saturated rings. The lowest BCUT2D eigenvalue weighted by Crippen LogP contribution is -2.23. The summed E-state index contributed by atoms with van der Waals surface area (Å²) in [6, 6.07) is 24.6. The zero-order chi connectivity index (χ0) is 21.8. The number of hydrogen-bond acceptors (Lipinski definition) is 4. The number of nitrogens with zero attached hydrogens (tertiary/aromatic N) is 2. The van der Waals surface area contributed by atoms with E-state index in [1.165, 1.54) is 23.9 Å². The molecule has 0 amide bonds. The predicted molar refractivity (Wildman–Crippen MR) is 114 cm³/mol. The number of halogens is 1. The van der Waals surface area contributed by atoms with Crippen LogP contribution in [0.1, 0.15) is 32.5 Å². The maximum absolute atomic E-state index is 13.6. The molecule has 31 heavy (non-hydrogen) atoms. The minimum absolute atomic E-state index is 0.0589. The van der Waals surface area contributed by atoms with Crippen LogP contribution >= 0.6 is 0 Å². The van der Waals surface area contributed by atoms with Crippen molar-refractivity contribution in [1.29, 1.82) is 0 Å². The van der Waals surface area contributed by atoms with Gasteiger partial charge in [-0.05, 0) is 35.9 Å². The topological polar surface area (TPSA) is 61.2 Å². The summed E-state index contributed by atoms with van der Waals surface area (Å²) in [6.07, 6.45) is 0. The molecule has 4 aromatic rings. The maximum atomic E-state index is 13.6. The van der Waals surface area contributed by atoms with Crippen molar-refractivity contribution in [2.45, 2.75) is 6.04 Å². The van der Waals surface area contributed by atoms with Gasteiger partial charge < -0.3 is 4.74 Å². The van der Waals surface area contributed by atoms with Crippen LogP contribution in [0.4, 0.5) is 4.39 Å². The highest BCUT2D eigenvalue weighted by Gasteiger charge is 2.29. The molecule has 0 aliphatic rings. The Hall–Kier alpha value is -4.06. The standard InChI is InChI=1S/C25H19FN2O3/c1-31-25(30)21-16-22(17-12-14-20(26)15-13-17)28(27-21)23(18-8-4-2-5-9-18)24(29)19-10-6-3-7-11-19/h2-16,23H,1H3. The van der Waals surface area contributed by atoms with Crippen LogP contribution in [0.3, 0.4) is 0 Å². The fourth-order valence-corrected chi connectivity index (χ4v) is 3.43. The van der Waals surface area contributed by atoms with Gasteiger partial charge in [0.1, 0.15) is 11.9 Å². The first-order valence-corrected chi connectivity index (χ1v) is 9.66. The molecule has 0 radical (unpaired) electrons. The van der Waals surface area contributed by atoms with Crippen LogP contribution in [0.5, 0.6) is 0 Å². The third kappa shape index (κ3) is 4.14. The first kappa shape index (κ1) is 20.2. The molecule has 4 rings (SSSR count). The summed E-state index contributed by atoms with van der Waals surface area (Å²) < 4.78 is 19.8. The maximum Gasteiger partial charge on any atom is 0.358 e. The number of aromatic nitrogens is 2. The van der Waals surface area contributed by atoms with Crippen molar-refractivity contribution < 1.29 is 18.7 Å². The molecule has 0 N–H and O–H groups in total. The summed E-state index contributed by atoms with van der Waals surface area (Å²) in [5.41, 5.74) is 2.39. The third-order valence-corrected chi connectivity index (χ3v) is 4.94. The van der Waals surface area contributed by atoms with E-state index in [9.17, 15) is 14.0 Å². The van der Waals surface area contributed by atoms with Crippen LogP contribution in [-0.4, -0.2) is 28.6 Å². The molecular weight excluding hydrogens is 395 g/mol. The van der Waals surface area contributed by atoms with Crippen molar-refractivity contribution >= 4 is 11.8 Å². The van der Waals surface area contributed by atoms with Crippen LogP contribution in [-0.2, 0) is 4.74 Å². The summed E-state index contributed by atoms with van der Waals surface area (Å²) in [4.78, 5) is 25.8. The molecule has 154 valence electrons. The fourth-order valence-electron chi connectivity index (χ4n) is 3.43. The Kier molecular flexibility index (Phi) is 5.71. The Morgan fingerprint density at radius 3 is 2.13 bits per heavy atom. The van der Waals surface area contributed by atoms with Gasteiger partial charge in [-0.25, -0.2) is 13.9 Å². The fraction of sp³-hybridized carbons (Fsp3) is 0.0800. The van der Waals surface area contributed by atoms with Gasteiger partial charge in [0.05, 0.1) is 12.8 Å². The molecule has 1 unspecified atom stereocenters. The number of ether oxygens (including phenoxy) is 1. The molecule has 0 aliphatic carbocycles. The third-order valence-electron chi connectivity index (χ3n) is 4.94. The molecule has 0 saturated carbocycles. The van der Waals surface area contributed by atoms with Gasteiger partial charge in [0, 0.05) is 11.1 Å². The van der Waals surface area contributed by atoms with Gasteiger partial charge in [0.2, 0.25) is 0 Å². The molecule has 5 nitrogen and oxygen atoms in total. The highest BCUT2D eigenvalue weighted by molar-refractivity contribution is 6.01. The number of esters is 1. The van der Waals surface area contributed by atoms with Crippen molar-refractivity contribution in [2.24, 2.45) is 0 Å². The highest BCUT2D eigenvalue weighted by atomic mass is 19.1. The molecule has 1 aromatic heterocycles. The van der Waals surface area contributed by atoms with E-state index in [1.807, 2.05) is 36.4 Å². The summed E-state index contributed by atoms with van der Waals surface area (Å²) in [5, 5.41) is 4.43. The average molecular weight is 414 g/mol. The van der Waals surface area contributed by atoms with E-state index in [4.69, 9.17) is 4.74 Å². The van der Waals surface area contributed by atoms with Gasteiger partial charge in [-0.1, -0.05) is 60.7 Å². The van der Waals surface area contributed by atoms with Crippen molar-refractivity contribution in [2.75, 3.05) is 7.11 Å². The molecule has 0 bridgehead atoms. The molecule has 1 atom stereocenters. The van der Waals surface area contributed by atoms with Gasteiger partial charge in [0.15, 0.2) is 11.5 Å². The van der Waals surface area contributed by atoms with Crippen LogP contribution in [0.2, 0.25) is 0 Å². The number of ketones is 1. The Morgan fingerprint density at radius 2 is 1.52 bits per heavy atom. The largest absolute Gasteiger partial charge is 0.464 e. The van der Waals surface area contributed by atoms with Crippen molar-refractivity contribution in [3.8, 4) is 11.3 Å². The van der Waals surface area contributed by atoms with Crippen LogP contribution < -0.4 is 0 Å². The quantitative estimate of drug-likeness (QED) is 0.331. The molecule has 0 spiro atoms. The van der Waals surface area contributed by atoms with Gasteiger partial charge in [0.25, 0.3) is 0 Å². The first-order chi connectivity index (χ1) is 15.1. The molecular formula is C25H19FN2O3. The van der Waals surface area contributed by atoms with Crippen LogP contribution in [0, 0.1) is 5.82 Å². The molecule has 1 heterocycles. The Labute approximate surface area is 178 Å². The zero-order valence-corrected chi connectivity index (χ0v) is 16.7. The molecule has 3 aromatic carbocycles. The van der Waals surface area contributed by atoms with E-state index in [1.54, 1.807) is 42.5 Å². The van der Waals surface area contributed by atoms with Crippen molar-refractivity contribution in [3.05, 3.63) is 114 Å². The minimum Gasteiger partial charge on any atom is -0.464 e. The van der Waals surface area contributed by atoms with Crippen LogP contribution in [0.25, 0.3) is 11.3 Å². The predicted octanol–water partition coefficient (Wildman–Crippen LogP) is 4.95. The van der Waals surface area contributed by atoms with Gasteiger partial charge in [-0.15, -0.1) is 0 Å². The van der Waals surface area contributed by atoms with E-state index in [2.05, 4.69) is 5.10 Å². The van der Waals surface area contributed by atoms with E-state index in [0.29, 0.717) is 22.4 Å². The summed E-state index contributed by atoms with van der Waals surface area (Å²) in [6.45, 7) is 0. The number of methoxy groups -OCH3 is 1. The second-order valence-corrected chi connectivity index (χ2v) is 6.90. The number of rotatable bonds is 6. The number of carbonyl (C=O) groups is 2. The Morgan fingerprint density at radius 1 is 0.903 bits per heavy atom. The molecule has 6 heteroatoms. The van der Waals surface area contributed by atoms with E-state index >= 15 is 0 Å². The molecule has 0 saturated heterocycles. The lowest BCUT2D eigenvalue weighted by molar-refractivity contribution is 0.0591. The summed E-state index contributed by atoms with van der Waals surface area (Å²) >= 11 is 0. The van der Waals surface area contributed by atoms with E-state index in [0.717, 1.165) is 0 Å². The first-order valence-electron chi connectivity index (χ1n) is 9.66.